The zero-order valence-electron chi connectivity index (χ0n) is 27.0. The minimum atomic E-state index is 0.123. The number of aryl methyl sites for hydroxylation is 8. The molecule has 6 aromatic rings. The highest BCUT2D eigenvalue weighted by Crippen LogP contribution is 2.19. The lowest BCUT2D eigenvalue weighted by molar-refractivity contribution is 0.977. The number of hydrogen-bond acceptors (Lipinski definition) is 0. The highest BCUT2D eigenvalue weighted by atomic mass is 14.2. The molecule has 0 nitrogen and oxygen atoms in total. The van der Waals surface area contributed by atoms with Crippen molar-refractivity contribution in [1.82, 2.24) is 0 Å². The third-order valence-corrected chi connectivity index (χ3v) is 10.0. The molecule has 214 valence electrons. The molecular weight excluding hydrogens is 526 g/mol. The molecule has 0 amide bonds. The van der Waals surface area contributed by atoms with Crippen molar-refractivity contribution in [3.63, 3.8) is 0 Å². The molecule has 0 N–H and O–H groups in total. The number of hydrogen-bond donors (Lipinski definition) is 0. The summed E-state index contributed by atoms with van der Waals surface area (Å²) in [6.07, 6.45) is 2.15. The van der Waals surface area contributed by atoms with Gasteiger partial charge in [-0.1, -0.05) is 186 Å². The Morgan fingerprint density at radius 1 is 0.477 bits per heavy atom. The van der Waals surface area contributed by atoms with Gasteiger partial charge in [0, 0.05) is 0 Å². The van der Waals surface area contributed by atoms with Crippen molar-refractivity contribution in [2.45, 2.75) is 54.4 Å². The first-order valence-electron chi connectivity index (χ1n) is 16.1. The SMILES string of the molecule is Cc1cc(C)c(B(c2c(C)cc(C)cc2C)c2cccc3cccc(B4c5ccccc5CCc5ccccc54)c23)c(C)c1. The summed E-state index contributed by atoms with van der Waals surface area (Å²) < 4.78 is 0. The zero-order chi connectivity index (χ0) is 30.5. The molecular formula is C42H40B2. The Morgan fingerprint density at radius 2 is 0.909 bits per heavy atom. The van der Waals surface area contributed by atoms with Gasteiger partial charge in [-0.05, 0) is 65.2 Å². The smallest absolute Gasteiger partial charge is 0.0667 e. The molecule has 0 aromatic heterocycles. The summed E-state index contributed by atoms with van der Waals surface area (Å²) in [4.78, 5) is 0. The van der Waals surface area contributed by atoms with E-state index in [9.17, 15) is 0 Å². The van der Waals surface area contributed by atoms with Crippen molar-refractivity contribution in [3.8, 4) is 0 Å². The average Bonchev–Trinajstić information content (AvgIpc) is 3.16. The van der Waals surface area contributed by atoms with Crippen LogP contribution in [0.25, 0.3) is 10.8 Å². The van der Waals surface area contributed by atoms with E-state index in [1.54, 1.807) is 0 Å². The Hall–Kier alpha value is -4.29. The monoisotopic (exact) mass is 566 g/mol. The van der Waals surface area contributed by atoms with E-state index in [4.69, 9.17) is 0 Å². The van der Waals surface area contributed by atoms with Crippen LogP contribution in [0.5, 0.6) is 0 Å². The first kappa shape index (κ1) is 28.5. The third-order valence-electron chi connectivity index (χ3n) is 10.0. The second kappa shape index (κ2) is 11.3. The molecule has 0 aliphatic carbocycles. The fourth-order valence-electron chi connectivity index (χ4n) is 8.49. The van der Waals surface area contributed by atoms with Crippen LogP contribution in [-0.2, 0) is 12.8 Å². The van der Waals surface area contributed by atoms with Crippen LogP contribution in [0.4, 0.5) is 0 Å². The van der Waals surface area contributed by atoms with Crippen molar-refractivity contribution in [1.29, 1.82) is 0 Å². The largest absolute Gasteiger partial charge is 0.243 e. The first-order valence-corrected chi connectivity index (χ1v) is 16.1. The molecule has 1 aliphatic rings. The zero-order valence-corrected chi connectivity index (χ0v) is 27.0. The fraction of sp³-hybridized carbons (Fsp3) is 0.190. The molecule has 0 atom stereocenters. The van der Waals surface area contributed by atoms with Crippen LogP contribution in [0.1, 0.15) is 44.5 Å². The molecule has 0 unspecified atom stereocenters. The summed E-state index contributed by atoms with van der Waals surface area (Å²) in [6, 6.07) is 41.8. The van der Waals surface area contributed by atoms with Crippen molar-refractivity contribution < 1.29 is 0 Å². The van der Waals surface area contributed by atoms with E-state index in [1.807, 2.05) is 0 Å². The molecule has 1 heterocycles. The quantitative estimate of drug-likeness (QED) is 0.236. The number of fused-ring (bicyclic) bond motifs is 3. The van der Waals surface area contributed by atoms with Gasteiger partial charge in [-0.15, -0.1) is 0 Å². The second-order valence-corrected chi connectivity index (χ2v) is 13.2. The van der Waals surface area contributed by atoms with E-state index in [-0.39, 0.29) is 13.4 Å². The Labute approximate surface area is 264 Å². The van der Waals surface area contributed by atoms with Gasteiger partial charge in [-0.2, -0.15) is 0 Å². The fourth-order valence-corrected chi connectivity index (χ4v) is 8.49. The van der Waals surface area contributed by atoms with E-state index >= 15 is 0 Å². The molecule has 0 bridgehead atoms. The second-order valence-electron chi connectivity index (χ2n) is 13.2. The molecule has 0 fully saturated rings. The molecule has 1 aliphatic heterocycles. The van der Waals surface area contributed by atoms with Gasteiger partial charge in [0.05, 0.1) is 0 Å². The van der Waals surface area contributed by atoms with E-state index in [0.29, 0.717) is 0 Å². The van der Waals surface area contributed by atoms with Gasteiger partial charge in [0.1, 0.15) is 0 Å². The van der Waals surface area contributed by atoms with Crippen LogP contribution in [0.2, 0.25) is 0 Å². The van der Waals surface area contributed by atoms with Gasteiger partial charge in [-0.25, -0.2) is 0 Å². The summed E-state index contributed by atoms with van der Waals surface area (Å²) >= 11 is 0. The Kier molecular flexibility index (Phi) is 7.33. The average molecular weight is 566 g/mol. The lowest BCUT2D eigenvalue weighted by atomic mass is 9.31. The lowest BCUT2D eigenvalue weighted by Crippen LogP contribution is -2.59. The number of rotatable bonds is 4. The maximum absolute atomic E-state index is 2.42. The molecule has 0 saturated heterocycles. The molecule has 6 aromatic carbocycles. The van der Waals surface area contributed by atoms with Crippen molar-refractivity contribution in [2.75, 3.05) is 0 Å². The Balaban J connectivity index is 1.60. The van der Waals surface area contributed by atoms with Gasteiger partial charge < -0.3 is 0 Å². The van der Waals surface area contributed by atoms with Crippen LogP contribution in [0, 0.1) is 41.5 Å². The van der Waals surface area contributed by atoms with Gasteiger partial charge in [0.15, 0.2) is 0 Å². The number of benzene rings is 6. The Morgan fingerprint density at radius 3 is 1.41 bits per heavy atom. The van der Waals surface area contributed by atoms with E-state index in [0.717, 1.165) is 12.8 Å². The van der Waals surface area contributed by atoms with Gasteiger partial charge in [-0.3, -0.25) is 0 Å². The molecule has 7 rings (SSSR count). The maximum atomic E-state index is 2.42. The van der Waals surface area contributed by atoms with Crippen LogP contribution in [0.15, 0.2) is 109 Å². The summed E-state index contributed by atoms with van der Waals surface area (Å²) in [6.45, 7) is 14.0. The van der Waals surface area contributed by atoms with Crippen molar-refractivity contribution >= 4 is 57.0 Å². The van der Waals surface area contributed by atoms with Gasteiger partial charge in [0.25, 0.3) is 0 Å². The molecule has 2 heteroatoms. The molecule has 0 radical (unpaired) electrons. The highest BCUT2D eigenvalue weighted by molar-refractivity contribution is 7.01. The summed E-state index contributed by atoms with van der Waals surface area (Å²) in [5, 5.41) is 2.71. The normalized spacial score (nSPS) is 12.5. The third kappa shape index (κ3) is 4.82. The molecule has 0 spiro atoms. The predicted octanol–water partition coefficient (Wildman–Crippen LogP) is 5.82. The molecule has 0 saturated carbocycles. The van der Waals surface area contributed by atoms with Crippen molar-refractivity contribution in [3.05, 3.63) is 154 Å². The van der Waals surface area contributed by atoms with Gasteiger partial charge in [0.2, 0.25) is 13.4 Å². The summed E-state index contributed by atoms with van der Waals surface area (Å²) in [5.74, 6) is 0. The Bertz CT molecular complexity index is 1890. The summed E-state index contributed by atoms with van der Waals surface area (Å²) in [7, 11) is 0. The van der Waals surface area contributed by atoms with Crippen LogP contribution >= 0.6 is 0 Å². The van der Waals surface area contributed by atoms with Crippen molar-refractivity contribution in [2.24, 2.45) is 0 Å². The van der Waals surface area contributed by atoms with Gasteiger partial charge >= 0.3 is 0 Å². The first-order chi connectivity index (χ1) is 21.3. The standard InChI is InChI=1S/C42H40B2/c1-27-23-29(3)41(30(4)24-27)44(42-31(5)25-28(2)26-32(42)6)39-20-12-16-35-15-11-19-38(40(35)39)43-36-17-9-7-13-33(36)21-22-34-14-8-10-18-37(34)43/h7-20,23-26H,21-22H2,1-6H3. The van der Waals surface area contributed by atoms with Crippen LogP contribution < -0.4 is 32.8 Å². The van der Waals surface area contributed by atoms with Crippen LogP contribution in [-0.4, -0.2) is 13.4 Å². The van der Waals surface area contributed by atoms with Crippen LogP contribution in [0.3, 0.4) is 0 Å². The minimum absolute atomic E-state index is 0.123. The predicted molar refractivity (Wildman–Crippen MR) is 195 cm³/mol. The summed E-state index contributed by atoms with van der Waals surface area (Å²) in [5.41, 5.74) is 19.6. The highest BCUT2D eigenvalue weighted by Gasteiger charge is 2.34. The van der Waals surface area contributed by atoms with E-state index in [1.165, 1.54) is 88.1 Å². The topological polar surface area (TPSA) is 0 Å². The van der Waals surface area contributed by atoms with E-state index < -0.39 is 0 Å². The van der Waals surface area contributed by atoms with E-state index in [2.05, 4.69) is 151 Å². The molecule has 44 heavy (non-hydrogen) atoms. The lowest BCUT2D eigenvalue weighted by Gasteiger charge is -2.27. The minimum Gasteiger partial charge on any atom is -0.0667 e. The maximum Gasteiger partial charge on any atom is 0.243 e.